The zero-order valence-electron chi connectivity index (χ0n) is 17.9. The van der Waals surface area contributed by atoms with E-state index in [1.165, 1.54) is 12.1 Å². The molecule has 14 nitrogen and oxygen atoms in total. The van der Waals surface area contributed by atoms with E-state index in [9.17, 15) is 24.3 Å². The largest absolute Gasteiger partial charge is 0.481 e. The fourth-order valence-corrected chi connectivity index (χ4v) is 3.33. The van der Waals surface area contributed by atoms with E-state index in [1.807, 2.05) is 0 Å². The van der Waals surface area contributed by atoms with Gasteiger partial charge in [0.25, 0.3) is 11.5 Å². The predicted molar refractivity (Wildman–Crippen MR) is 122 cm³/mol. The van der Waals surface area contributed by atoms with Crippen molar-refractivity contribution in [2.45, 2.75) is 18.5 Å². The summed E-state index contributed by atoms with van der Waals surface area (Å²) in [5, 5.41) is 38.9. The van der Waals surface area contributed by atoms with E-state index in [0.29, 0.717) is 30.3 Å². The number of nitrogens with one attached hydrogen (secondary N) is 5. The molecular weight excluding hydrogens is 450 g/mol. The van der Waals surface area contributed by atoms with Crippen molar-refractivity contribution in [2.75, 3.05) is 41.4 Å². The number of aliphatic hydroxyl groups excluding tert-OH is 1. The minimum atomic E-state index is -1.47. The number of anilines is 4. The van der Waals surface area contributed by atoms with Crippen LogP contribution in [0.3, 0.4) is 0 Å². The molecular formula is C20H25N7O7. The van der Waals surface area contributed by atoms with Crippen LogP contribution in [-0.4, -0.2) is 74.9 Å². The monoisotopic (exact) mass is 475 g/mol. The summed E-state index contributed by atoms with van der Waals surface area (Å²) in [6.45, 7) is 0.171. The average molecular weight is 475 g/mol. The molecule has 0 radical (unpaired) electrons. The molecule has 2 aromatic rings. The molecule has 1 amide bonds. The molecule has 3 rings (SSSR count). The molecule has 182 valence electrons. The minimum Gasteiger partial charge on any atom is -0.481 e. The van der Waals surface area contributed by atoms with Gasteiger partial charge in [0.15, 0.2) is 5.82 Å². The molecule has 0 fully saturated rings. The first-order valence-corrected chi connectivity index (χ1v) is 10.3. The number of nitrogens with two attached hydrogens (primary N) is 1. The van der Waals surface area contributed by atoms with Gasteiger partial charge in [0.1, 0.15) is 11.7 Å². The normalized spacial score (nSPS) is 16.2. The molecule has 2 heterocycles. The Kier molecular flexibility index (Phi) is 7.53. The molecule has 1 aromatic heterocycles. The molecule has 14 heteroatoms. The maximum absolute atomic E-state index is 12.4. The third-order valence-electron chi connectivity index (χ3n) is 5.20. The van der Waals surface area contributed by atoms with E-state index < -0.39 is 42.8 Å². The number of nitrogen functional groups attached to an aromatic ring is 1. The Morgan fingerprint density at radius 3 is 2.50 bits per heavy atom. The number of nitrogens with zero attached hydrogens (tertiary/aromatic N) is 1. The van der Waals surface area contributed by atoms with Crippen molar-refractivity contribution in [3.8, 4) is 0 Å². The minimum absolute atomic E-state index is 0.0172. The number of aromatic nitrogens is 2. The second-order valence-electron chi connectivity index (χ2n) is 7.67. The summed E-state index contributed by atoms with van der Waals surface area (Å²) in [6, 6.07) is 4.59. The van der Waals surface area contributed by atoms with E-state index in [-0.39, 0.29) is 23.1 Å². The summed E-state index contributed by atoms with van der Waals surface area (Å²) in [5.74, 6) is -4.37. The number of hydrogen-bond donors (Lipinski definition) is 9. The first kappa shape index (κ1) is 24.3. The van der Waals surface area contributed by atoms with Gasteiger partial charge in [0.2, 0.25) is 5.95 Å². The van der Waals surface area contributed by atoms with Gasteiger partial charge in [-0.2, -0.15) is 4.98 Å². The number of aromatic amines is 1. The summed E-state index contributed by atoms with van der Waals surface area (Å²) in [6.07, 6.45) is -0.455. The van der Waals surface area contributed by atoms with Gasteiger partial charge in [-0.15, -0.1) is 0 Å². The van der Waals surface area contributed by atoms with Crippen molar-refractivity contribution in [2.24, 2.45) is 5.92 Å². The zero-order valence-corrected chi connectivity index (χ0v) is 17.9. The molecule has 3 atom stereocenters. The first-order chi connectivity index (χ1) is 16.2. The number of carboxylic acid groups (broad SMARTS) is 2. The lowest BCUT2D eigenvalue weighted by Crippen LogP contribution is -2.43. The first-order valence-electron chi connectivity index (χ1n) is 10.3. The van der Waals surface area contributed by atoms with Gasteiger partial charge in [-0.05, 0) is 30.7 Å². The summed E-state index contributed by atoms with van der Waals surface area (Å²) in [4.78, 5) is 53.3. The van der Waals surface area contributed by atoms with Crippen LogP contribution >= 0.6 is 0 Å². The molecule has 34 heavy (non-hydrogen) atoms. The number of fused-ring (bicyclic) bond motifs is 1. The number of carbonyl (C=O) groups excluding carboxylic acids is 1. The van der Waals surface area contributed by atoms with Gasteiger partial charge in [-0.25, -0.2) is 4.79 Å². The van der Waals surface area contributed by atoms with Crippen LogP contribution in [0.1, 0.15) is 16.8 Å². The number of amides is 1. The third-order valence-corrected chi connectivity index (χ3v) is 5.20. The van der Waals surface area contributed by atoms with Crippen LogP contribution in [0.2, 0.25) is 0 Å². The lowest BCUT2D eigenvalue weighted by Gasteiger charge is -2.27. The third kappa shape index (κ3) is 5.92. The van der Waals surface area contributed by atoms with Gasteiger partial charge < -0.3 is 42.3 Å². The van der Waals surface area contributed by atoms with Crippen molar-refractivity contribution < 1.29 is 29.7 Å². The number of benzene rings is 1. The molecule has 0 spiro atoms. The second-order valence-corrected chi connectivity index (χ2v) is 7.67. The molecule has 10 N–H and O–H groups in total. The molecule has 1 aromatic carbocycles. The van der Waals surface area contributed by atoms with E-state index in [1.54, 1.807) is 12.1 Å². The Bertz CT molecular complexity index is 1120. The van der Waals surface area contributed by atoms with Crippen LogP contribution in [-0.2, 0) is 9.59 Å². The fraction of sp³-hybridized carbons (Fsp3) is 0.350. The summed E-state index contributed by atoms with van der Waals surface area (Å²) < 4.78 is 0. The standard InChI is InChI=1S/C20H25N7O7/c21-20-26-15-14(17(30)27-20)24-12(7-23-15)6-22-11-3-1-9(2-4-11)16(29)25-13(19(33)34)5-10(8-28)18(31)32/h1-4,10,12-13,22,24,28H,5-8H2,(H,25,29)(H,31,32)(H,33,34)(H4,21,23,26,27,30)/t10?,12?,13-/m0/s1. The van der Waals surface area contributed by atoms with Crippen LogP contribution in [0.15, 0.2) is 29.1 Å². The molecule has 1 aliphatic rings. The van der Waals surface area contributed by atoms with Crippen LogP contribution in [0.5, 0.6) is 0 Å². The average Bonchev–Trinajstić information content (AvgIpc) is 2.80. The number of carbonyl (C=O) groups is 3. The summed E-state index contributed by atoms with van der Waals surface area (Å²) >= 11 is 0. The van der Waals surface area contributed by atoms with Gasteiger partial charge >= 0.3 is 11.9 Å². The van der Waals surface area contributed by atoms with E-state index in [0.717, 1.165) is 0 Å². The van der Waals surface area contributed by atoms with Crippen molar-refractivity contribution in [1.29, 1.82) is 0 Å². The molecule has 0 saturated heterocycles. The number of aliphatic carboxylic acids is 2. The highest BCUT2D eigenvalue weighted by Crippen LogP contribution is 2.20. The Hall–Kier alpha value is -4.33. The predicted octanol–water partition coefficient (Wildman–Crippen LogP) is -1.06. The SMILES string of the molecule is Nc1nc2c(c(=O)[nH]1)NC(CNc1ccc(C(=O)N[C@@H](CC(CO)C(=O)O)C(=O)O)cc1)CN2. The van der Waals surface area contributed by atoms with E-state index in [2.05, 4.69) is 31.2 Å². The number of hydrogen-bond acceptors (Lipinski definition) is 10. The molecule has 0 saturated carbocycles. The number of carboxylic acids is 2. The second kappa shape index (κ2) is 10.5. The molecule has 0 bridgehead atoms. The lowest BCUT2D eigenvalue weighted by molar-refractivity contribution is -0.145. The number of aliphatic hydroxyl groups is 1. The van der Waals surface area contributed by atoms with Gasteiger partial charge in [0.05, 0.1) is 18.6 Å². The van der Waals surface area contributed by atoms with Crippen molar-refractivity contribution in [3.05, 3.63) is 40.2 Å². The topological polar surface area (TPSA) is 232 Å². The zero-order chi connectivity index (χ0) is 24.8. The fourth-order valence-electron chi connectivity index (χ4n) is 3.33. The Labute approximate surface area is 192 Å². The van der Waals surface area contributed by atoms with Gasteiger partial charge in [0, 0.05) is 24.3 Å². The lowest BCUT2D eigenvalue weighted by atomic mass is 10.0. The van der Waals surface area contributed by atoms with E-state index in [4.69, 9.17) is 15.9 Å². The van der Waals surface area contributed by atoms with Crippen LogP contribution in [0, 0.1) is 5.92 Å². The molecule has 2 unspecified atom stereocenters. The summed E-state index contributed by atoms with van der Waals surface area (Å²) in [7, 11) is 0. The highest BCUT2D eigenvalue weighted by atomic mass is 16.4. The quantitative estimate of drug-likeness (QED) is 0.200. The number of rotatable bonds is 10. The van der Waals surface area contributed by atoms with Gasteiger partial charge in [-0.1, -0.05) is 0 Å². The Morgan fingerprint density at radius 1 is 1.18 bits per heavy atom. The van der Waals surface area contributed by atoms with Crippen LogP contribution < -0.4 is 32.6 Å². The van der Waals surface area contributed by atoms with Crippen LogP contribution in [0.25, 0.3) is 0 Å². The summed E-state index contributed by atoms with van der Waals surface area (Å²) in [5.41, 5.74) is 6.28. The Morgan fingerprint density at radius 2 is 1.88 bits per heavy atom. The smallest absolute Gasteiger partial charge is 0.326 e. The van der Waals surface area contributed by atoms with Gasteiger partial charge in [-0.3, -0.25) is 19.4 Å². The highest BCUT2D eigenvalue weighted by Gasteiger charge is 2.28. The molecule has 1 aliphatic heterocycles. The van der Waals surface area contributed by atoms with E-state index >= 15 is 0 Å². The van der Waals surface area contributed by atoms with Crippen LogP contribution in [0.4, 0.5) is 23.1 Å². The van der Waals surface area contributed by atoms with Crippen molar-refractivity contribution >= 4 is 41.0 Å². The van der Waals surface area contributed by atoms with Crippen molar-refractivity contribution in [1.82, 2.24) is 15.3 Å². The highest BCUT2D eigenvalue weighted by molar-refractivity contribution is 5.97. The molecule has 0 aliphatic carbocycles. The number of H-pyrrole nitrogens is 1. The van der Waals surface area contributed by atoms with Crippen molar-refractivity contribution in [3.63, 3.8) is 0 Å². The maximum atomic E-state index is 12.4. The Balaban J connectivity index is 1.56. The maximum Gasteiger partial charge on any atom is 0.326 e.